The zero-order valence-electron chi connectivity index (χ0n) is 23.3. The fourth-order valence-corrected chi connectivity index (χ4v) is 4.48. The van der Waals surface area contributed by atoms with E-state index in [0.717, 1.165) is 52.9 Å². The summed E-state index contributed by atoms with van der Waals surface area (Å²) in [6, 6.07) is 22.5. The molecule has 0 aliphatic heterocycles. The summed E-state index contributed by atoms with van der Waals surface area (Å²) in [4.78, 5) is 33.3. The number of ether oxygens (including phenoxy) is 1. The minimum Gasteiger partial charge on any atom is -0.494 e. The Balaban J connectivity index is 1.30. The van der Waals surface area contributed by atoms with Crippen molar-refractivity contribution in [2.75, 3.05) is 6.61 Å². The largest absolute Gasteiger partial charge is 0.494 e. The average Bonchev–Trinajstić information content (AvgIpc) is 2.99. The first-order valence-corrected chi connectivity index (χ1v) is 14.0. The van der Waals surface area contributed by atoms with E-state index in [0.29, 0.717) is 17.8 Å². The molecule has 1 aromatic heterocycles. The summed E-state index contributed by atoms with van der Waals surface area (Å²) in [7, 11) is 0. The second kappa shape index (κ2) is 14.7. The van der Waals surface area contributed by atoms with Crippen LogP contribution in [-0.4, -0.2) is 34.8 Å². The van der Waals surface area contributed by atoms with E-state index in [-0.39, 0.29) is 5.91 Å². The zero-order valence-corrected chi connectivity index (χ0v) is 23.3. The van der Waals surface area contributed by atoms with Crippen molar-refractivity contribution in [3.63, 3.8) is 0 Å². The maximum absolute atomic E-state index is 12.5. The van der Waals surface area contributed by atoms with E-state index in [4.69, 9.17) is 4.74 Å². The lowest BCUT2D eigenvalue weighted by Gasteiger charge is -2.13. The van der Waals surface area contributed by atoms with Gasteiger partial charge in [-0.25, -0.2) is 9.97 Å². The summed E-state index contributed by atoms with van der Waals surface area (Å²) in [5.74, 6) is 1.24. The molecule has 40 heavy (non-hydrogen) atoms. The van der Waals surface area contributed by atoms with Gasteiger partial charge in [0.2, 0.25) is 0 Å². The van der Waals surface area contributed by atoms with Gasteiger partial charge in [0.1, 0.15) is 12.0 Å². The number of aryl methyl sites for hydroxylation is 1. The molecule has 4 rings (SSSR count). The van der Waals surface area contributed by atoms with Crippen LogP contribution >= 0.6 is 0 Å². The number of aldehydes is 1. The van der Waals surface area contributed by atoms with Gasteiger partial charge in [-0.05, 0) is 55.2 Å². The molecule has 1 amide bonds. The van der Waals surface area contributed by atoms with E-state index in [2.05, 4.69) is 22.2 Å². The van der Waals surface area contributed by atoms with E-state index in [1.165, 1.54) is 25.7 Å². The first-order valence-electron chi connectivity index (χ1n) is 14.0. The molecule has 4 aromatic rings. The third-order valence-electron chi connectivity index (χ3n) is 6.78. The van der Waals surface area contributed by atoms with E-state index < -0.39 is 6.04 Å². The quantitative estimate of drug-likeness (QED) is 0.139. The number of benzene rings is 3. The second-order valence-electron chi connectivity index (χ2n) is 10.1. The van der Waals surface area contributed by atoms with Crippen molar-refractivity contribution in [1.82, 2.24) is 15.3 Å². The number of carbonyl (C=O) groups excluding carboxylic acids is 2. The Morgan fingerprint density at radius 2 is 1.57 bits per heavy atom. The number of unbranched alkanes of at least 4 members (excludes halogenated alkanes) is 4. The van der Waals surface area contributed by atoms with Crippen LogP contribution in [0.15, 0.2) is 85.2 Å². The standard InChI is InChI=1S/C34H37N3O3/c1-3-4-5-6-7-19-40-32-17-15-27(16-18-32)30-22-35-33(36-23-30)28-13-11-26(12-14-28)21-31(24-38)37-34(39)29-10-8-9-25(2)20-29/h8-18,20,22-24,31H,3-7,19,21H2,1-2H3,(H,37,39). The number of nitrogens with one attached hydrogen (secondary N) is 1. The first-order chi connectivity index (χ1) is 19.6. The molecule has 1 atom stereocenters. The van der Waals surface area contributed by atoms with Gasteiger partial charge in [-0.2, -0.15) is 0 Å². The number of nitrogens with zero attached hydrogens (tertiary/aromatic N) is 2. The molecule has 0 fully saturated rings. The van der Waals surface area contributed by atoms with E-state index >= 15 is 0 Å². The predicted octanol–water partition coefficient (Wildman–Crippen LogP) is 7.01. The molecule has 6 heteroatoms. The Morgan fingerprint density at radius 3 is 2.25 bits per heavy atom. The lowest BCUT2D eigenvalue weighted by molar-refractivity contribution is -0.109. The van der Waals surface area contributed by atoms with Gasteiger partial charge >= 0.3 is 0 Å². The normalized spacial score (nSPS) is 11.6. The molecule has 0 spiro atoms. The van der Waals surface area contributed by atoms with Gasteiger partial charge in [0.15, 0.2) is 5.82 Å². The topological polar surface area (TPSA) is 81.2 Å². The Labute approximate surface area is 236 Å². The Morgan fingerprint density at radius 1 is 0.875 bits per heavy atom. The third-order valence-corrected chi connectivity index (χ3v) is 6.78. The maximum Gasteiger partial charge on any atom is 0.251 e. The summed E-state index contributed by atoms with van der Waals surface area (Å²) in [6.45, 7) is 4.90. The molecule has 0 aliphatic carbocycles. The summed E-state index contributed by atoms with van der Waals surface area (Å²) in [6.07, 6.45) is 10.9. The number of carbonyl (C=O) groups is 2. The summed E-state index contributed by atoms with van der Waals surface area (Å²) in [5, 5.41) is 2.81. The number of amides is 1. The monoisotopic (exact) mass is 535 g/mol. The van der Waals surface area contributed by atoms with E-state index in [1.807, 2.05) is 80.0 Å². The second-order valence-corrected chi connectivity index (χ2v) is 10.1. The molecular weight excluding hydrogens is 498 g/mol. The Hall–Kier alpha value is -4.32. The maximum atomic E-state index is 12.5. The lowest BCUT2D eigenvalue weighted by Crippen LogP contribution is -2.37. The number of aromatic nitrogens is 2. The van der Waals surface area contributed by atoms with Crippen LogP contribution in [0.25, 0.3) is 22.5 Å². The van der Waals surface area contributed by atoms with Crippen LogP contribution in [0.4, 0.5) is 0 Å². The molecule has 206 valence electrons. The predicted molar refractivity (Wildman–Crippen MR) is 159 cm³/mol. The van der Waals surface area contributed by atoms with Gasteiger partial charge in [-0.3, -0.25) is 4.79 Å². The Kier molecular flexibility index (Phi) is 10.6. The third kappa shape index (κ3) is 8.34. The van der Waals surface area contributed by atoms with E-state index in [1.54, 1.807) is 12.1 Å². The smallest absolute Gasteiger partial charge is 0.251 e. The summed E-state index contributed by atoms with van der Waals surface area (Å²) in [5.41, 5.74) is 5.32. The fraction of sp³-hybridized carbons (Fsp3) is 0.294. The average molecular weight is 536 g/mol. The highest BCUT2D eigenvalue weighted by Crippen LogP contribution is 2.23. The molecule has 0 saturated carbocycles. The van der Waals surface area contributed by atoms with E-state index in [9.17, 15) is 9.59 Å². The Bertz CT molecular complexity index is 1370. The van der Waals surface area contributed by atoms with Crippen LogP contribution in [0.1, 0.15) is 60.5 Å². The van der Waals surface area contributed by atoms with Gasteiger partial charge in [-0.1, -0.05) is 86.7 Å². The number of hydrogen-bond acceptors (Lipinski definition) is 5. The van der Waals surface area contributed by atoms with Crippen molar-refractivity contribution in [2.24, 2.45) is 0 Å². The van der Waals surface area contributed by atoms with Crippen molar-refractivity contribution < 1.29 is 14.3 Å². The van der Waals surface area contributed by atoms with Crippen LogP contribution in [0.5, 0.6) is 5.75 Å². The van der Waals surface area contributed by atoms with Gasteiger partial charge in [-0.15, -0.1) is 0 Å². The van der Waals surface area contributed by atoms with Gasteiger partial charge in [0.25, 0.3) is 5.91 Å². The molecule has 6 nitrogen and oxygen atoms in total. The SMILES string of the molecule is CCCCCCCOc1ccc(-c2cnc(-c3ccc(CC(C=O)NC(=O)c4cccc(C)c4)cc3)nc2)cc1. The highest BCUT2D eigenvalue weighted by Gasteiger charge is 2.14. The van der Waals surface area contributed by atoms with Crippen molar-refractivity contribution in [2.45, 2.75) is 58.4 Å². The molecule has 1 heterocycles. The first kappa shape index (κ1) is 28.7. The molecule has 1 unspecified atom stereocenters. The van der Waals surface area contributed by atoms with Crippen LogP contribution in [0.2, 0.25) is 0 Å². The molecule has 0 radical (unpaired) electrons. The molecule has 0 aliphatic rings. The van der Waals surface area contributed by atoms with Crippen molar-refractivity contribution >= 4 is 12.2 Å². The lowest BCUT2D eigenvalue weighted by atomic mass is 10.0. The summed E-state index contributed by atoms with van der Waals surface area (Å²) < 4.78 is 5.87. The van der Waals surface area contributed by atoms with Gasteiger partial charge in [0, 0.05) is 29.1 Å². The van der Waals surface area contributed by atoms with Crippen molar-refractivity contribution in [1.29, 1.82) is 0 Å². The van der Waals surface area contributed by atoms with Crippen LogP contribution < -0.4 is 10.1 Å². The van der Waals surface area contributed by atoms with Crippen LogP contribution in [0, 0.1) is 6.92 Å². The fourth-order valence-electron chi connectivity index (χ4n) is 4.48. The van der Waals surface area contributed by atoms with Crippen LogP contribution in [-0.2, 0) is 11.2 Å². The van der Waals surface area contributed by atoms with Crippen molar-refractivity contribution in [3.8, 4) is 28.3 Å². The van der Waals surface area contributed by atoms with Crippen LogP contribution in [0.3, 0.4) is 0 Å². The summed E-state index contributed by atoms with van der Waals surface area (Å²) >= 11 is 0. The minimum absolute atomic E-state index is 0.258. The number of hydrogen-bond donors (Lipinski definition) is 1. The molecule has 1 N–H and O–H groups in total. The highest BCUT2D eigenvalue weighted by atomic mass is 16.5. The minimum atomic E-state index is -0.614. The number of rotatable bonds is 14. The van der Waals surface area contributed by atoms with Crippen molar-refractivity contribution in [3.05, 3.63) is 102 Å². The zero-order chi connectivity index (χ0) is 28.2. The van der Waals surface area contributed by atoms with Gasteiger partial charge in [0.05, 0.1) is 12.6 Å². The molecule has 3 aromatic carbocycles. The highest BCUT2D eigenvalue weighted by molar-refractivity contribution is 5.95. The molecule has 0 bridgehead atoms. The molecule has 0 saturated heterocycles. The molecular formula is C34H37N3O3. The van der Waals surface area contributed by atoms with Gasteiger partial charge < -0.3 is 14.8 Å².